The number of allylic oxidation sites excluding steroid dienone is 14. The molecule has 5 nitrogen and oxygen atoms in total. The summed E-state index contributed by atoms with van der Waals surface area (Å²) in [4.78, 5) is 25.5. The number of rotatable bonds is 51. The molecule has 0 rings (SSSR count). The van der Waals surface area contributed by atoms with Gasteiger partial charge in [0.15, 0.2) is 6.10 Å². The lowest BCUT2D eigenvalue weighted by Gasteiger charge is -2.18. The molecule has 0 fully saturated rings. The minimum absolute atomic E-state index is 0.0622. The van der Waals surface area contributed by atoms with Crippen molar-refractivity contribution in [3.63, 3.8) is 0 Å². The van der Waals surface area contributed by atoms with E-state index in [0.29, 0.717) is 19.4 Å². The van der Waals surface area contributed by atoms with Gasteiger partial charge in [-0.2, -0.15) is 0 Å². The summed E-state index contributed by atoms with van der Waals surface area (Å²) in [5, 5.41) is 0. The Kier molecular flexibility index (Phi) is 53.9. The predicted molar refractivity (Wildman–Crippen MR) is 288 cm³/mol. The van der Waals surface area contributed by atoms with Crippen LogP contribution < -0.4 is 0 Å². The zero-order valence-corrected chi connectivity index (χ0v) is 43.7. The average Bonchev–Trinajstić information content (AvgIpc) is 3.32. The Bertz CT molecular complexity index is 1220. The van der Waals surface area contributed by atoms with Crippen LogP contribution in [-0.2, 0) is 23.8 Å². The van der Waals surface area contributed by atoms with Crippen molar-refractivity contribution in [2.24, 2.45) is 0 Å². The largest absolute Gasteiger partial charge is 0.462 e. The Morgan fingerprint density at radius 3 is 1.12 bits per heavy atom. The molecule has 0 bridgehead atoms. The van der Waals surface area contributed by atoms with Crippen LogP contribution in [0.25, 0.3) is 0 Å². The summed E-state index contributed by atoms with van der Waals surface area (Å²) in [6.45, 7) is 7.58. The van der Waals surface area contributed by atoms with E-state index in [4.69, 9.17) is 14.2 Å². The van der Waals surface area contributed by atoms with Gasteiger partial charge >= 0.3 is 11.9 Å². The van der Waals surface area contributed by atoms with E-state index < -0.39 is 6.10 Å². The van der Waals surface area contributed by atoms with Crippen molar-refractivity contribution in [1.82, 2.24) is 0 Å². The normalized spacial score (nSPS) is 12.8. The number of carbonyl (C=O) groups excluding carboxylic acids is 2. The van der Waals surface area contributed by atoms with Gasteiger partial charge in [0, 0.05) is 19.4 Å². The Balaban J connectivity index is 4.32. The molecule has 0 N–H and O–H groups in total. The fourth-order valence-corrected chi connectivity index (χ4v) is 7.81. The molecule has 0 heterocycles. The van der Waals surface area contributed by atoms with Gasteiger partial charge in [-0.3, -0.25) is 9.59 Å². The molecule has 0 saturated carbocycles. The maximum atomic E-state index is 12.8. The highest BCUT2D eigenvalue weighted by Gasteiger charge is 2.17. The number of unbranched alkanes of at least 4 members (excludes halogenated alkanes) is 26. The smallest absolute Gasteiger partial charge is 0.306 e. The van der Waals surface area contributed by atoms with Crippen molar-refractivity contribution in [3.8, 4) is 0 Å². The van der Waals surface area contributed by atoms with Crippen LogP contribution in [0.4, 0.5) is 0 Å². The lowest BCUT2D eigenvalue weighted by molar-refractivity contribution is -0.163. The van der Waals surface area contributed by atoms with E-state index in [0.717, 1.165) is 103 Å². The molecular weight excluding hydrogens is 813 g/mol. The van der Waals surface area contributed by atoms with E-state index >= 15 is 0 Å². The van der Waals surface area contributed by atoms with Gasteiger partial charge in [0.1, 0.15) is 6.61 Å². The minimum Gasteiger partial charge on any atom is -0.462 e. The van der Waals surface area contributed by atoms with E-state index in [-0.39, 0.29) is 25.2 Å². The standard InChI is InChI=1S/C61H106O5/c1-4-7-10-13-16-19-22-25-28-30-32-35-38-41-44-47-50-53-56-64-57-59(66-61(63)55-52-49-46-43-40-37-33-27-24-21-18-15-12-9-6-3)58-65-60(62)54-51-48-45-42-39-36-34-31-29-26-23-20-17-14-11-8-5-2/h8-9,11-12,17-18,20-21,26-27,29,33,40,43,59H,4-7,10,13-16,19,22-25,28,30-32,34-39,41-42,44-58H2,1-3H3/b11-8-,12-9-,20-17-,21-18-,29-26-,33-27-,43-40-. The molecule has 0 aliphatic heterocycles. The first-order chi connectivity index (χ1) is 32.6. The fourth-order valence-electron chi connectivity index (χ4n) is 7.81. The maximum Gasteiger partial charge on any atom is 0.306 e. The van der Waals surface area contributed by atoms with Crippen LogP contribution >= 0.6 is 0 Å². The molecule has 1 unspecified atom stereocenters. The molecule has 5 heteroatoms. The summed E-state index contributed by atoms with van der Waals surface area (Å²) in [5.41, 5.74) is 0. The quantitative estimate of drug-likeness (QED) is 0.0346. The van der Waals surface area contributed by atoms with Crippen LogP contribution in [0.1, 0.15) is 265 Å². The Labute approximate surface area is 409 Å². The van der Waals surface area contributed by atoms with Crippen molar-refractivity contribution >= 4 is 11.9 Å². The van der Waals surface area contributed by atoms with Crippen LogP contribution in [0.15, 0.2) is 85.1 Å². The second kappa shape index (κ2) is 56.4. The molecule has 0 aromatic heterocycles. The van der Waals surface area contributed by atoms with Crippen molar-refractivity contribution in [2.75, 3.05) is 19.8 Å². The van der Waals surface area contributed by atoms with Gasteiger partial charge in [-0.25, -0.2) is 0 Å². The molecule has 0 aliphatic carbocycles. The number of hydrogen-bond acceptors (Lipinski definition) is 5. The van der Waals surface area contributed by atoms with Crippen molar-refractivity contribution in [1.29, 1.82) is 0 Å². The highest BCUT2D eigenvalue weighted by molar-refractivity contribution is 5.70. The maximum absolute atomic E-state index is 12.8. The van der Waals surface area contributed by atoms with Crippen LogP contribution in [-0.4, -0.2) is 37.9 Å². The monoisotopic (exact) mass is 919 g/mol. The van der Waals surface area contributed by atoms with Crippen LogP contribution in [0, 0.1) is 0 Å². The third-order valence-corrected chi connectivity index (χ3v) is 11.9. The second-order valence-corrected chi connectivity index (χ2v) is 18.4. The molecule has 0 spiro atoms. The van der Waals surface area contributed by atoms with Crippen LogP contribution in [0.3, 0.4) is 0 Å². The minimum atomic E-state index is -0.564. The van der Waals surface area contributed by atoms with E-state index in [2.05, 4.69) is 106 Å². The highest BCUT2D eigenvalue weighted by Crippen LogP contribution is 2.15. The first kappa shape index (κ1) is 63.1. The number of esters is 2. The number of hydrogen-bond donors (Lipinski definition) is 0. The van der Waals surface area contributed by atoms with E-state index in [1.807, 2.05) is 0 Å². The van der Waals surface area contributed by atoms with E-state index in [9.17, 15) is 9.59 Å². The summed E-state index contributed by atoms with van der Waals surface area (Å²) >= 11 is 0. The molecular formula is C61H106O5. The summed E-state index contributed by atoms with van der Waals surface area (Å²) in [6, 6.07) is 0. The van der Waals surface area contributed by atoms with Gasteiger partial charge in [-0.05, 0) is 89.9 Å². The lowest BCUT2D eigenvalue weighted by atomic mass is 10.0. The molecule has 1 atom stereocenters. The third kappa shape index (κ3) is 53.7. The third-order valence-electron chi connectivity index (χ3n) is 11.9. The average molecular weight is 920 g/mol. The molecule has 0 aromatic rings. The van der Waals surface area contributed by atoms with Crippen molar-refractivity contribution in [3.05, 3.63) is 85.1 Å². The second-order valence-electron chi connectivity index (χ2n) is 18.4. The molecule has 0 radical (unpaired) electrons. The van der Waals surface area contributed by atoms with Gasteiger partial charge in [-0.1, -0.05) is 247 Å². The zero-order chi connectivity index (χ0) is 47.7. The van der Waals surface area contributed by atoms with Crippen LogP contribution in [0.5, 0.6) is 0 Å². The first-order valence-electron chi connectivity index (χ1n) is 28.1. The summed E-state index contributed by atoms with van der Waals surface area (Å²) in [5.74, 6) is -0.450. The molecule has 380 valence electrons. The molecule has 0 aromatic carbocycles. The topological polar surface area (TPSA) is 61.8 Å². The molecule has 0 saturated heterocycles. The summed E-state index contributed by atoms with van der Waals surface area (Å²) < 4.78 is 17.4. The Hall–Kier alpha value is -2.92. The predicted octanol–water partition coefficient (Wildman–Crippen LogP) is 19.2. The van der Waals surface area contributed by atoms with E-state index in [1.165, 1.54) is 128 Å². The molecule has 0 aliphatic rings. The SMILES string of the molecule is CC/C=C\C/C=C\C/C=C\C/C=C\CCCCC(=O)OC(COCCCCCCCCCCCCCCCCCCCC)COC(=O)CCCCCCCCC/C=C\C/C=C\C/C=C\CC. The van der Waals surface area contributed by atoms with Crippen molar-refractivity contribution in [2.45, 2.75) is 271 Å². The first-order valence-corrected chi connectivity index (χ1v) is 28.1. The van der Waals surface area contributed by atoms with Crippen molar-refractivity contribution < 1.29 is 23.8 Å². The highest BCUT2D eigenvalue weighted by atomic mass is 16.6. The van der Waals surface area contributed by atoms with Crippen LogP contribution in [0.2, 0.25) is 0 Å². The van der Waals surface area contributed by atoms with Gasteiger partial charge < -0.3 is 14.2 Å². The fraction of sp³-hybridized carbons (Fsp3) is 0.738. The van der Waals surface area contributed by atoms with Gasteiger partial charge in [0.2, 0.25) is 0 Å². The summed E-state index contributed by atoms with van der Waals surface area (Å²) in [7, 11) is 0. The number of carbonyl (C=O) groups is 2. The number of ether oxygens (including phenoxy) is 3. The van der Waals surface area contributed by atoms with Gasteiger partial charge in [-0.15, -0.1) is 0 Å². The Morgan fingerprint density at radius 1 is 0.348 bits per heavy atom. The van der Waals surface area contributed by atoms with E-state index in [1.54, 1.807) is 0 Å². The van der Waals surface area contributed by atoms with Gasteiger partial charge in [0.05, 0.1) is 6.61 Å². The molecule has 66 heavy (non-hydrogen) atoms. The zero-order valence-electron chi connectivity index (χ0n) is 43.7. The van der Waals surface area contributed by atoms with Gasteiger partial charge in [0.25, 0.3) is 0 Å². The lowest BCUT2D eigenvalue weighted by Crippen LogP contribution is -2.30. The Morgan fingerprint density at radius 2 is 0.682 bits per heavy atom. The molecule has 0 amide bonds. The summed E-state index contributed by atoms with van der Waals surface area (Å²) in [6.07, 6.45) is 74.6.